The standard InChI is InChI=1S/C9H21P.BF4/c1-7(2)10(8(3)4)9(5)6;2-1(3,4)5/h7-9H,1-6H3;/q;-1. The molecule has 0 saturated heterocycles. The Morgan fingerprint density at radius 3 is 0.800 bits per heavy atom. The highest BCUT2D eigenvalue weighted by Crippen LogP contribution is 2.49. The minimum absolute atomic E-state index is 0.262. The van der Waals surface area contributed by atoms with Crippen LogP contribution in [-0.4, -0.2) is 24.2 Å². The van der Waals surface area contributed by atoms with Gasteiger partial charge in [-0.05, 0) is 17.0 Å². The Balaban J connectivity index is 0. The second-order valence-electron chi connectivity index (χ2n) is 4.22. The van der Waals surface area contributed by atoms with Crippen LogP contribution in [0, 0.1) is 0 Å². The van der Waals surface area contributed by atoms with Crippen LogP contribution in [0.4, 0.5) is 17.3 Å². The summed E-state index contributed by atoms with van der Waals surface area (Å²) in [6, 6.07) is 0. The molecule has 0 aromatic rings. The molecule has 0 spiro atoms. The van der Waals surface area contributed by atoms with E-state index < -0.39 is 7.25 Å². The van der Waals surface area contributed by atoms with Crippen molar-refractivity contribution in [3.63, 3.8) is 0 Å². The van der Waals surface area contributed by atoms with Gasteiger partial charge in [0.2, 0.25) is 0 Å². The van der Waals surface area contributed by atoms with E-state index in [0.29, 0.717) is 0 Å². The molecule has 0 aliphatic carbocycles. The van der Waals surface area contributed by atoms with Crippen LogP contribution in [0.2, 0.25) is 0 Å². The van der Waals surface area contributed by atoms with Gasteiger partial charge in [-0.25, -0.2) is 0 Å². The van der Waals surface area contributed by atoms with Crippen molar-refractivity contribution >= 4 is 15.2 Å². The van der Waals surface area contributed by atoms with Crippen LogP contribution >= 0.6 is 7.92 Å². The molecule has 6 heteroatoms. The summed E-state index contributed by atoms with van der Waals surface area (Å²) in [5, 5.41) is 0. The van der Waals surface area contributed by atoms with Crippen molar-refractivity contribution in [1.82, 2.24) is 0 Å². The molecule has 15 heavy (non-hydrogen) atoms. The van der Waals surface area contributed by atoms with E-state index in [4.69, 9.17) is 0 Å². The molecule has 0 radical (unpaired) electrons. The molecule has 0 rings (SSSR count). The fourth-order valence-corrected chi connectivity index (χ4v) is 5.37. The molecule has 0 N–H and O–H groups in total. The van der Waals surface area contributed by atoms with E-state index in [0.717, 1.165) is 17.0 Å². The second kappa shape index (κ2) is 7.48. The fourth-order valence-electron chi connectivity index (χ4n) is 1.79. The average Bonchev–Trinajstić information content (AvgIpc) is 1.77. The number of rotatable bonds is 3. The van der Waals surface area contributed by atoms with Crippen molar-refractivity contribution in [1.29, 1.82) is 0 Å². The third-order valence-electron chi connectivity index (χ3n) is 1.79. The predicted octanol–water partition coefficient (Wildman–Crippen LogP) is 4.99. The van der Waals surface area contributed by atoms with Crippen molar-refractivity contribution in [2.75, 3.05) is 0 Å². The van der Waals surface area contributed by atoms with E-state index in [-0.39, 0.29) is 7.92 Å². The Hall–Kier alpha value is 0.215. The summed E-state index contributed by atoms with van der Waals surface area (Å²) in [7, 11) is -5.74. The monoisotopic (exact) mass is 247 g/mol. The van der Waals surface area contributed by atoms with Crippen LogP contribution in [0.15, 0.2) is 0 Å². The highest BCUT2D eigenvalue weighted by molar-refractivity contribution is 7.59. The van der Waals surface area contributed by atoms with Crippen LogP contribution < -0.4 is 0 Å². The van der Waals surface area contributed by atoms with Crippen LogP contribution in [0.5, 0.6) is 0 Å². The molecule has 0 amide bonds. The molecule has 94 valence electrons. The Kier molecular flexibility index (Phi) is 8.78. The maximum Gasteiger partial charge on any atom is 0.673 e. The summed E-state index contributed by atoms with van der Waals surface area (Å²) >= 11 is 0. The average molecular weight is 247 g/mol. The maximum atomic E-state index is 9.75. The largest absolute Gasteiger partial charge is 0.673 e. The molecule has 0 heterocycles. The van der Waals surface area contributed by atoms with Gasteiger partial charge in [-0.15, -0.1) is 0 Å². The molecule has 0 saturated carbocycles. The highest BCUT2D eigenvalue weighted by atomic mass is 31.1. The van der Waals surface area contributed by atoms with Gasteiger partial charge in [0.05, 0.1) is 0 Å². The number of hydrogen-bond donors (Lipinski definition) is 0. The molecule has 0 aromatic heterocycles. The first kappa shape index (κ1) is 17.6. The summed E-state index contributed by atoms with van der Waals surface area (Å²) in [5.74, 6) is 0. The van der Waals surface area contributed by atoms with Gasteiger partial charge in [0, 0.05) is 0 Å². The van der Waals surface area contributed by atoms with Gasteiger partial charge in [0.25, 0.3) is 0 Å². The van der Waals surface area contributed by atoms with E-state index in [1.165, 1.54) is 0 Å². The van der Waals surface area contributed by atoms with E-state index in [1.54, 1.807) is 0 Å². The predicted molar refractivity (Wildman–Crippen MR) is 62.5 cm³/mol. The van der Waals surface area contributed by atoms with Crippen molar-refractivity contribution in [3.8, 4) is 0 Å². The molecule has 0 atom stereocenters. The van der Waals surface area contributed by atoms with Gasteiger partial charge in [-0.3, -0.25) is 0 Å². The zero-order valence-corrected chi connectivity index (χ0v) is 11.2. The summed E-state index contributed by atoms with van der Waals surface area (Å²) in [4.78, 5) is 0. The van der Waals surface area contributed by atoms with Crippen LogP contribution in [0.25, 0.3) is 0 Å². The first-order valence-electron chi connectivity index (χ1n) is 5.11. The van der Waals surface area contributed by atoms with Gasteiger partial charge in [0.15, 0.2) is 0 Å². The Morgan fingerprint density at radius 2 is 0.800 bits per heavy atom. The zero-order chi connectivity index (χ0) is 12.8. The van der Waals surface area contributed by atoms with E-state index in [2.05, 4.69) is 41.5 Å². The Labute approximate surface area is 91.7 Å². The van der Waals surface area contributed by atoms with Crippen LogP contribution in [0.3, 0.4) is 0 Å². The second-order valence-corrected chi connectivity index (χ2v) is 8.22. The van der Waals surface area contributed by atoms with Gasteiger partial charge in [-0.1, -0.05) is 49.5 Å². The molecular weight excluding hydrogens is 226 g/mol. The minimum atomic E-state index is -6.00. The smallest absolute Gasteiger partial charge is 0.418 e. The van der Waals surface area contributed by atoms with Gasteiger partial charge in [0.1, 0.15) is 0 Å². The van der Waals surface area contributed by atoms with Gasteiger partial charge < -0.3 is 17.3 Å². The third-order valence-corrected chi connectivity index (χ3v) is 5.37. The summed E-state index contributed by atoms with van der Waals surface area (Å²) in [6.07, 6.45) is 0. The zero-order valence-electron chi connectivity index (χ0n) is 10.3. The first-order valence-corrected chi connectivity index (χ1v) is 6.66. The quantitative estimate of drug-likeness (QED) is 0.374. The van der Waals surface area contributed by atoms with Crippen LogP contribution in [-0.2, 0) is 0 Å². The molecule has 0 bridgehead atoms. The lowest BCUT2D eigenvalue weighted by molar-refractivity contribution is 0.368. The van der Waals surface area contributed by atoms with Crippen molar-refractivity contribution in [2.24, 2.45) is 0 Å². The fraction of sp³-hybridized carbons (Fsp3) is 1.00. The van der Waals surface area contributed by atoms with Crippen molar-refractivity contribution < 1.29 is 17.3 Å². The molecule has 0 nitrogen and oxygen atoms in total. The van der Waals surface area contributed by atoms with Crippen molar-refractivity contribution in [3.05, 3.63) is 0 Å². The van der Waals surface area contributed by atoms with E-state index in [1.807, 2.05) is 0 Å². The molecule has 0 fully saturated rings. The van der Waals surface area contributed by atoms with Gasteiger partial charge in [-0.2, -0.15) is 0 Å². The lowest BCUT2D eigenvalue weighted by Gasteiger charge is -2.29. The molecular formula is C9H21BF4P-. The highest BCUT2D eigenvalue weighted by Gasteiger charge is 2.20. The Bertz CT molecular complexity index is 132. The number of hydrogen-bond acceptors (Lipinski definition) is 0. The molecule has 0 aliphatic heterocycles. The molecule has 0 unspecified atom stereocenters. The lowest BCUT2D eigenvalue weighted by Crippen LogP contribution is -2.10. The Morgan fingerprint density at radius 1 is 0.667 bits per heavy atom. The summed E-state index contributed by atoms with van der Waals surface area (Å²) < 4.78 is 39.0. The summed E-state index contributed by atoms with van der Waals surface area (Å²) in [5.41, 5.74) is 2.69. The minimum Gasteiger partial charge on any atom is -0.418 e. The maximum absolute atomic E-state index is 9.75. The normalized spacial score (nSPS) is 12.4. The lowest BCUT2D eigenvalue weighted by atomic mass is 10.3. The number of halogens is 4. The van der Waals surface area contributed by atoms with Crippen LogP contribution in [0.1, 0.15) is 41.5 Å². The topological polar surface area (TPSA) is 0 Å². The molecule has 0 aromatic carbocycles. The first-order chi connectivity index (χ1) is 6.46. The van der Waals surface area contributed by atoms with Crippen molar-refractivity contribution in [2.45, 2.75) is 58.5 Å². The van der Waals surface area contributed by atoms with E-state index in [9.17, 15) is 17.3 Å². The van der Waals surface area contributed by atoms with E-state index >= 15 is 0 Å². The summed E-state index contributed by atoms with van der Waals surface area (Å²) in [6.45, 7) is 14.1. The van der Waals surface area contributed by atoms with Gasteiger partial charge >= 0.3 is 7.25 Å². The SMILES string of the molecule is CC(C)P(C(C)C)C(C)C.F[B-](F)(F)F. The third kappa shape index (κ3) is 14.2. The molecule has 0 aliphatic rings.